The summed E-state index contributed by atoms with van der Waals surface area (Å²) < 4.78 is 21.1. The van der Waals surface area contributed by atoms with Crippen LogP contribution in [0.25, 0.3) is 0 Å². The summed E-state index contributed by atoms with van der Waals surface area (Å²) in [6, 6.07) is 2.77. The maximum absolute atomic E-state index is 13.4. The number of allylic oxidation sites excluding steroid dienone is 3. The van der Waals surface area contributed by atoms with E-state index < -0.39 is 16.8 Å². The quantitative estimate of drug-likeness (QED) is 0.296. The topological polar surface area (TPSA) is 126 Å². The number of benzene rings is 1. The Labute approximate surface area is 190 Å². The highest BCUT2D eigenvalue weighted by Crippen LogP contribution is 2.50. The second-order valence-electron chi connectivity index (χ2n) is 9.08. The zero-order chi connectivity index (χ0) is 23.9. The molecule has 0 bridgehead atoms. The van der Waals surface area contributed by atoms with Gasteiger partial charge in [-0.3, -0.25) is 14.9 Å². The first-order valence-corrected chi connectivity index (χ1v) is 10.6. The summed E-state index contributed by atoms with van der Waals surface area (Å²) in [7, 11) is 1.48. The SMILES string of the molecule is COCCOC(=O)C1=C(C)NC2=C(C(=O)CC(C)(C)C2)[C@@H]1c1cc2c(cc1[N+](=O)[O-])OCO2. The van der Waals surface area contributed by atoms with Gasteiger partial charge in [0.05, 0.1) is 29.1 Å². The van der Waals surface area contributed by atoms with Crippen LogP contribution in [0.4, 0.5) is 5.69 Å². The zero-order valence-electron chi connectivity index (χ0n) is 19.0. The monoisotopic (exact) mass is 458 g/mol. The number of ether oxygens (including phenoxy) is 4. The van der Waals surface area contributed by atoms with E-state index in [0.717, 1.165) is 0 Å². The van der Waals surface area contributed by atoms with Crippen molar-refractivity contribution in [1.82, 2.24) is 5.32 Å². The molecule has 0 saturated carbocycles. The van der Waals surface area contributed by atoms with Crippen LogP contribution in [0.5, 0.6) is 11.5 Å². The van der Waals surface area contributed by atoms with Crippen molar-refractivity contribution in [2.24, 2.45) is 5.41 Å². The Morgan fingerprint density at radius 1 is 1.24 bits per heavy atom. The molecular weight excluding hydrogens is 432 g/mol. The number of nitrogens with one attached hydrogen (secondary N) is 1. The van der Waals surface area contributed by atoms with Crippen molar-refractivity contribution in [1.29, 1.82) is 0 Å². The number of Topliss-reactive ketones (excluding diaryl/α,β-unsaturated/α-hetero) is 1. The number of hydrogen-bond acceptors (Lipinski definition) is 9. The molecule has 2 heterocycles. The van der Waals surface area contributed by atoms with Crippen LogP contribution >= 0.6 is 0 Å². The molecule has 0 unspecified atom stereocenters. The molecule has 0 saturated heterocycles. The number of fused-ring (bicyclic) bond motifs is 1. The fraction of sp³-hybridized carbons (Fsp3) is 0.478. The minimum absolute atomic E-state index is 0.00888. The lowest BCUT2D eigenvalue weighted by molar-refractivity contribution is -0.385. The molecular formula is C23H26N2O8. The van der Waals surface area contributed by atoms with Gasteiger partial charge in [0.15, 0.2) is 17.3 Å². The van der Waals surface area contributed by atoms with Crippen molar-refractivity contribution < 1.29 is 33.5 Å². The van der Waals surface area contributed by atoms with E-state index in [2.05, 4.69) is 5.32 Å². The predicted octanol–water partition coefficient (Wildman–Crippen LogP) is 3.12. The van der Waals surface area contributed by atoms with Crippen molar-refractivity contribution in [3.8, 4) is 11.5 Å². The van der Waals surface area contributed by atoms with E-state index in [9.17, 15) is 19.7 Å². The number of carbonyl (C=O) groups is 2. The fourth-order valence-electron chi connectivity index (χ4n) is 4.65. The number of ketones is 1. The minimum Gasteiger partial charge on any atom is -0.460 e. The predicted molar refractivity (Wildman–Crippen MR) is 116 cm³/mol. The molecule has 4 rings (SSSR count). The van der Waals surface area contributed by atoms with Gasteiger partial charge in [0.2, 0.25) is 6.79 Å². The second kappa shape index (κ2) is 8.51. The van der Waals surface area contributed by atoms with Crippen LogP contribution in [0.3, 0.4) is 0 Å². The lowest BCUT2D eigenvalue weighted by atomic mass is 9.68. The highest BCUT2D eigenvalue weighted by atomic mass is 16.7. The first-order chi connectivity index (χ1) is 15.6. The van der Waals surface area contributed by atoms with Crippen molar-refractivity contribution in [3.05, 3.63) is 50.4 Å². The summed E-state index contributed by atoms with van der Waals surface area (Å²) >= 11 is 0. The average molecular weight is 458 g/mol. The number of nitro groups is 1. The summed E-state index contributed by atoms with van der Waals surface area (Å²) in [6.45, 7) is 5.82. The van der Waals surface area contributed by atoms with Crippen molar-refractivity contribution in [2.75, 3.05) is 27.1 Å². The summed E-state index contributed by atoms with van der Waals surface area (Å²) in [4.78, 5) is 38.0. The average Bonchev–Trinajstić information content (AvgIpc) is 3.18. The van der Waals surface area contributed by atoms with E-state index in [4.69, 9.17) is 18.9 Å². The van der Waals surface area contributed by atoms with Gasteiger partial charge in [-0.25, -0.2) is 4.79 Å². The van der Waals surface area contributed by atoms with E-state index in [1.165, 1.54) is 19.2 Å². The van der Waals surface area contributed by atoms with Crippen LogP contribution in [0.2, 0.25) is 0 Å². The summed E-state index contributed by atoms with van der Waals surface area (Å²) in [6.07, 6.45) is 0.819. The molecule has 0 aromatic heterocycles. The molecule has 10 nitrogen and oxygen atoms in total. The molecule has 0 radical (unpaired) electrons. The fourth-order valence-corrected chi connectivity index (χ4v) is 4.65. The molecule has 1 aliphatic carbocycles. The Bertz CT molecular complexity index is 1100. The van der Waals surface area contributed by atoms with Gasteiger partial charge in [0.1, 0.15) is 6.61 Å². The van der Waals surface area contributed by atoms with E-state index in [1.54, 1.807) is 6.92 Å². The molecule has 0 amide bonds. The van der Waals surface area contributed by atoms with Gasteiger partial charge in [-0.05, 0) is 24.8 Å². The summed E-state index contributed by atoms with van der Waals surface area (Å²) in [5, 5.41) is 15.2. The molecule has 3 aliphatic rings. The van der Waals surface area contributed by atoms with Crippen LogP contribution in [-0.2, 0) is 19.1 Å². The van der Waals surface area contributed by atoms with E-state index in [1.807, 2.05) is 13.8 Å². The number of nitrogens with zero attached hydrogens (tertiary/aromatic N) is 1. The first kappa shape index (κ1) is 22.8. The smallest absolute Gasteiger partial charge is 0.336 e. The van der Waals surface area contributed by atoms with Crippen molar-refractivity contribution >= 4 is 17.4 Å². The summed E-state index contributed by atoms with van der Waals surface area (Å²) in [5.74, 6) is -1.24. The Morgan fingerprint density at radius 3 is 2.61 bits per heavy atom. The van der Waals surface area contributed by atoms with E-state index >= 15 is 0 Å². The largest absolute Gasteiger partial charge is 0.460 e. The van der Waals surface area contributed by atoms with Gasteiger partial charge in [-0.2, -0.15) is 0 Å². The molecule has 0 fully saturated rings. The standard InChI is InChI=1S/C23H26N2O8/c1-12-19(22(27)31-6-5-30-4)20(21-14(24-12)9-23(2,3)10-16(21)26)13-7-17-18(33-11-32-17)8-15(13)25(28)29/h7-8,20,24H,5-6,9-11H2,1-4H3/t20-/m1/s1. The lowest BCUT2D eigenvalue weighted by Gasteiger charge is -2.39. The Balaban J connectivity index is 1.91. The van der Waals surface area contributed by atoms with E-state index in [-0.39, 0.29) is 60.2 Å². The number of carbonyl (C=O) groups excluding carboxylic acids is 2. The molecule has 176 valence electrons. The molecule has 1 aromatic carbocycles. The first-order valence-electron chi connectivity index (χ1n) is 10.6. The third kappa shape index (κ3) is 4.18. The Hall–Kier alpha value is -3.40. The maximum atomic E-state index is 13.4. The van der Waals surface area contributed by atoms with Crippen LogP contribution in [0, 0.1) is 15.5 Å². The highest BCUT2D eigenvalue weighted by molar-refractivity contribution is 6.04. The van der Waals surface area contributed by atoms with Gasteiger partial charge in [0, 0.05) is 36.1 Å². The van der Waals surface area contributed by atoms with E-state index in [0.29, 0.717) is 29.1 Å². The number of nitro benzene ring substituents is 1. The molecule has 1 aromatic rings. The molecule has 2 aliphatic heterocycles. The minimum atomic E-state index is -0.977. The van der Waals surface area contributed by atoms with Gasteiger partial charge in [-0.15, -0.1) is 0 Å². The van der Waals surface area contributed by atoms with Crippen LogP contribution in [-0.4, -0.2) is 43.8 Å². The van der Waals surface area contributed by atoms with Crippen molar-refractivity contribution in [2.45, 2.75) is 39.5 Å². The van der Waals surface area contributed by atoms with Crippen LogP contribution in [0.15, 0.2) is 34.7 Å². The maximum Gasteiger partial charge on any atom is 0.336 e. The van der Waals surface area contributed by atoms with Crippen molar-refractivity contribution in [3.63, 3.8) is 0 Å². The van der Waals surface area contributed by atoms with Gasteiger partial charge >= 0.3 is 5.97 Å². The Kier molecular flexibility index (Phi) is 5.87. The summed E-state index contributed by atoms with van der Waals surface area (Å²) in [5.41, 5.74) is 1.29. The van der Waals surface area contributed by atoms with Gasteiger partial charge < -0.3 is 24.3 Å². The molecule has 0 spiro atoms. The number of rotatable bonds is 6. The van der Waals surface area contributed by atoms with Gasteiger partial charge in [0.25, 0.3) is 5.69 Å². The highest BCUT2D eigenvalue weighted by Gasteiger charge is 2.45. The zero-order valence-corrected chi connectivity index (χ0v) is 19.0. The normalized spacial score (nSPS) is 21.0. The number of dihydropyridines is 1. The van der Waals surface area contributed by atoms with Crippen LogP contribution in [0.1, 0.15) is 45.1 Å². The number of methoxy groups -OCH3 is 1. The Morgan fingerprint density at radius 2 is 1.94 bits per heavy atom. The van der Waals surface area contributed by atoms with Crippen LogP contribution < -0.4 is 14.8 Å². The molecule has 1 atom stereocenters. The molecule has 10 heteroatoms. The number of hydrogen-bond donors (Lipinski definition) is 1. The number of esters is 1. The van der Waals surface area contributed by atoms with Gasteiger partial charge in [-0.1, -0.05) is 13.8 Å². The third-order valence-electron chi connectivity index (χ3n) is 6.01. The molecule has 1 N–H and O–H groups in total. The molecule has 33 heavy (non-hydrogen) atoms. The lowest BCUT2D eigenvalue weighted by Crippen LogP contribution is -2.39. The third-order valence-corrected chi connectivity index (χ3v) is 6.01. The second-order valence-corrected chi connectivity index (χ2v) is 9.08.